The van der Waals surface area contributed by atoms with E-state index in [9.17, 15) is 42.5 Å². The van der Waals surface area contributed by atoms with Crippen LogP contribution in [0.15, 0.2) is 0 Å². The van der Waals surface area contributed by atoms with E-state index in [1.54, 1.807) is 19.6 Å². The third-order valence-corrected chi connectivity index (χ3v) is 5.21. The molecule has 0 spiro atoms. The first-order valence-electron chi connectivity index (χ1n) is 9.13. The Labute approximate surface area is 184 Å². The summed E-state index contributed by atoms with van der Waals surface area (Å²) in [5, 5.41) is 54.7. The van der Waals surface area contributed by atoms with Crippen molar-refractivity contribution in [1.82, 2.24) is 0 Å². The van der Waals surface area contributed by atoms with Crippen molar-refractivity contribution in [2.24, 2.45) is 0 Å². The van der Waals surface area contributed by atoms with Crippen LogP contribution in [0.4, 0.5) is 17.6 Å². The van der Waals surface area contributed by atoms with E-state index in [0.29, 0.717) is 0 Å². The quantitative estimate of drug-likeness (QED) is 0.0853. The summed E-state index contributed by atoms with van der Waals surface area (Å²) in [5.41, 5.74) is 0. The predicted octanol–water partition coefficient (Wildman–Crippen LogP) is -0.574. The molecule has 6 N–H and O–H groups in total. The lowest BCUT2D eigenvalue weighted by Gasteiger charge is -2.42. The first-order valence-corrected chi connectivity index (χ1v) is 15.9. The van der Waals surface area contributed by atoms with Crippen LogP contribution in [0.3, 0.4) is 0 Å². The number of rotatable bonds is 12. The monoisotopic (exact) mass is 516 g/mol. The zero-order chi connectivity index (χ0) is 26.3. The summed E-state index contributed by atoms with van der Waals surface area (Å²) >= 11 is 0. The van der Waals surface area contributed by atoms with Crippen LogP contribution in [0.1, 0.15) is 0 Å². The van der Waals surface area contributed by atoms with Gasteiger partial charge in [-0.1, -0.05) is 0 Å². The van der Waals surface area contributed by atoms with Crippen LogP contribution in [0.25, 0.3) is 0 Å². The molecule has 0 saturated carbocycles. The fourth-order valence-corrected chi connectivity index (χ4v) is 3.97. The zero-order valence-corrected chi connectivity index (χ0v) is 20.5. The van der Waals surface area contributed by atoms with Gasteiger partial charge in [-0.2, -0.15) is 17.6 Å². The topological polar surface area (TPSA) is 174 Å². The molecule has 0 aliphatic rings. The molecule has 0 bridgehead atoms. The molecular weight excluding hydrogens is 484 g/mol. The van der Waals surface area contributed by atoms with Gasteiger partial charge in [-0.05, 0) is 39.3 Å². The zero-order valence-electron chi connectivity index (χ0n) is 18.5. The maximum absolute atomic E-state index is 13.7. The maximum atomic E-state index is 13.7. The van der Waals surface area contributed by atoms with E-state index in [1.807, 2.05) is 0 Å². The third kappa shape index (κ3) is 10.4. The molecule has 0 aliphatic carbocycles. The number of aliphatic hydroxyl groups is 6. The molecule has 0 aromatic carbocycles. The number of halogens is 4. The molecule has 0 radical (unpaired) electrons. The second-order valence-corrected chi connectivity index (χ2v) is 17.6. The Morgan fingerprint density at radius 2 is 1.28 bits per heavy atom. The highest BCUT2D eigenvalue weighted by molar-refractivity contribution is 6.70. The molecule has 192 valence electrons. The highest BCUT2D eigenvalue weighted by atomic mass is 28.4. The van der Waals surface area contributed by atoms with Gasteiger partial charge in [-0.15, -0.1) is 0 Å². The van der Waals surface area contributed by atoms with Crippen molar-refractivity contribution in [3.8, 4) is 0 Å². The van der Waals surface area contributed by atoms with Crippen LogP contribution in [0.2, 0.25) is 39.3 Å². The lowest BCUT2D eigenvalue weighted by atomic mass is 10.0. The fourth-order valence-electron chi connectivity index (χ4n) is 1.92. The van der Waals surface area contributed by atoms with Gasteiger partial charge >= 0.3 is 11.8 Å². The summed E-state index contributed by atoms with van der Waals surface area (Å²) in [6.45, 7) is 8.38. The van der Waals surface area contributed by atoms with Crippen LogP contribution >= 0.6 is 0 Å². The van der Waals surface area contributed by atoms with Gasteiger partial charge in [-0.3, -0.25) is 9.59 Å². The van der Waals surface area contributed by atoms with E-state index < -0.39 is 78.0 Å². The number of alkyl halides is 4. The molecule has 0 fully saturated rings. The fraction of sp³-hybridized carbons (Fsp3) is 0.875. The maximum Gasteiger partial charge on any atom is 0.356 e. The Morgan fingerprint density at radius 3 is 1.56 bits per heavy atom. The molecule has 1 unspecified atom stereocenters. The van der Waals surface area contributed by atoms with Crippen molar-refractivity contribution >= 4 is 29.2 Å². The van der Waals surface area contributed by atoms with E-state index in [1.165, 1.54) is 19.6 Å². The van der Waals surface area contributed by atoms with E-state index in [4.69, 9.17) is 24.2 Å². The molecule has 0 aromatic rings. The van der Waals surface area contributed by atoms with Gasteiger partial charge in [-0.25, -0.2) is 0 Å². The summed E-state index contributed by atoms with van der Waals surface area (Å²) in [7, 11) is -5.18. The lowest BCUT2D eigenvalue weighted by Crippen LogP contribution is -2.66. The molecule has 0 aromatic heterocycles. The van der Waals surface area contributed by atoms with Gasteiger partial charge in [0.25, 0.3) is 5.79 Å². The third-order valence-electron chi connectivity index (χ3n) is 3.34. The first kappa shape index (κ1) is 33.3. The minimum atomic E-state index is -4.41. The van der Waals surface area contributed by atoms with Gasteiger partial charge in [0, 0.05) is 0 Å². The minimum Gasteiger partial charge on any atom is -0.394 e. The summed E-state index contributed by atoms with van der Waals surface area (Å²) < 4.78 is 61.7. The number of carbonyl (C=O) groups is 2. The van der Waals surface area contributed by atoms with Crippen LogP contribution < -0.4 is 0 Å². The van der Waals surface area contributed by atoms with E-state index >= 15 is 0 Å². The van der Waals surface area contributed by atoms with Gasteiger partial charge < -0.3 is 39.5 Å². The Kier molecular flexibility index (Phi) is 12.6. The largest absolute Gasteiger partial charge is 0.394 e. The SMILES string of the molecule is C[Si](C)(C)OC(O)[C@@H](O)[C@](O)(O[Si](C)(C)C)C(F)(F)C=O.O=CC(F)(F)[C@H](O)[C@H](O)CO. The lowest BCUT2D eigenvalue weighted by molar-refractivity contribution is -0.332. The average Bonchev–Trinajstić information content (AvgIpc) is 2.63. The van der Waals surface area contributed by atoms with E-state index in [2.05, 4.69) is 0 Å². The first-order chi connectivity index (χ1) is 14.0. The number of carbonyl (C=O) groups excluding carboxylic acids is 2. The number of hydrogen-bond acceptors (Lipinski definition) is 10. The molecule has 16 heteroatoms. The summed E-state index contributed by atoms with van der Waals surface area (Å²) in [4.78, 5) is 20.2. The van der Waals surface area contributed by atoms with Gasteiger partial charge in [0.1, 0.15) is 6.10 Å². The van der Waals surface area contributed by atoms with Crippen molar-refractivity contribution in [2.45, 2.75) is 81.5 Å². The molecule has 10 nitrogen and oxygen atoms in total. The molecule has 0 aliphatic heterocycles. The van der Waals surface area contributed by atoms with E-state index in [0.717, 1.165) is 0 Å². The van der Waals surface area contributed by atoms with Crippen LogP contribution in [0, 0.1) is 0 Å². The molecule has 0 heterocycles. The van der Waals surface area contributed by atoms with Gasteiger partial charge in [0.15, 0.2) is 47.7 Å². The molecule has 32 heavy (non-hydrogen) atoms. The predicted molar refractivity (Wildman–Crippen MR) is 107 cm³/mol. The highest BCUT2D eigenvalue weighted by Gasteiger charge is 2.62. The molecule has 5 atom stereocenters. The number of hydrogen-bond donors (Lipinski definition) is 6. The standard InChI is InChI=1S/C11H24F2O6Si2.C5H8F2O4/c1-20(2,3)18-9(16)8(15)11(17,10(12,13)7-14)19-21(4,5)6;6-5(7,2-9)4(11)3(10)1-8/h7-9,15-17H,1-6H3;2-4,8,10-11H,1H2/t8-,9?,11+;3-,4-/m11/s1. The van der Waals surface area contributed by atoms with Crippen molar-refractivity contribution in [3.05, 3.63) is 0 Å². The minimum absolute atomic E-state index is 0.781. The summed E-state index contributed by atoms with van der Waals surface area (Å²) in [6, 6.07) is 0. The highest BCUT2D eigenvalue weighted by Crippen LogP contribution is 2.36. The van der Waals surface area contributed by atoms with Crippen LogP contribution in [-0.2, 0) is 18.4 Å². The summed E-state index contributed by atoms with van der Waals surface area (Å²) in [5.74, 6) is -12.0. The van der Waals surface area contributed by atoms with Crippen molar-refractivity contribution in [2.75, 3.05) is 6.61 Å². The smallest absolute Gasteiger partial charge is 0.356 e. The molecular formula is C16H32F4O10Si2. The second kappa shape index (κ2) is 12.0. The van der Waals surface area contributed by atoms with Crippen molar-refractivity contribution < 1.29 is 66.6 Å². The number of aliphatic hydroxyl groups excluding tert-OH is 5. The van der Waals surface area contributed by atoms with Crippen molar-refractivity contribution in [3.63, 3.8) is 0 Å². The van der Waals surface area contributed by atoms with Gasteiger partial charge in [0.2, 0.25) is 0 Å². The normalized spacial score (nSPS) is 19.0. The Hall–Kier alpha value is -0.826. The average molecular weight is 517 g/mol. The van der Waals surface area contributed by atoms with Gasteiger partial charge in [0.05, 0.1) is 6.61 Å². The molecule has 0 saturated heterocycles. The molecule has 0 amide bonds. The van der Waals surface area contributed by atoms with Crippen molar-refractivity contribution in [1.29, 1.82) is 0 Å². The van der Waals surface area contributed by atoms with E-state index in [-0.39, 0.29) is 0 Å². The molecule has 0 rings (SSSR count). The Bertz CT molecular complexity index is 600. The summed E-state index contributed by atoms with van der Waals surface area (Å²) in [6.07, 6.45) is -10.8. The second-order valence-electron chi connectivity index (χ2n) is 8.70. The Morgan fingerprint density at radius 1 is 0.844 bits per heavy atom. The van der Waals surface area contributed by atoms with Crippen LogP contribution in [-0.4, -0.2) is 109 Å². The van der Waals surface area contributed by atoms with Crippen LogP contribution in [0.5, 0.6) is 0 Å². The number of aldehydes is 2. The Balaban J connectivity index is 0.